The molecular formula is C19H26O. The normalized spacial score (nSPS) is 47.0. The van der Waals surface area contributed by atoms with E-state index in [1.165, 1.54) is 37.7 Å². The number of rotatable bonds is 0. The molecule has 0 aromatic heterocycles. The minimum Gasteiger partial charge on any atom is -0.295 e. The van der Waals surface area contributed by atoms with Crippen molar-refractivity contribution in [2.75, 3.05) is 0 Å². The zero-order chi connectivity index (χ0) is 14.0. The molecule has 0 N–H and O–H groups in total. The molecule has 1 heteroatoms. The van der Waals surface area contributed by atoms with E-state index in [2.05, 4.69) is 19.9 Å². The number of ketones is 1. The van der Waals surface area contributed by atoms with Crippen molar-refractivity contribution < 1.29 is 4.79 Å². The third kappa shape index (κ3) is 1.58. The molecule has 0 bridgehead atoms. The lowest BCUT2D eigenvalue weighted by Crippen LogP contribution is -2.46. The van der Waals surface area contributed by atoms with E-state index in [0.29, 0.717) is 16.6 Å². The van der Waals surface area contributed by atoms with E-state index in [4.69, 9.17) is 0 Å². The van der Waals surface area contributed by atoms with Crippen LogP contribution in [0.4, 0.5) is 0 Å². The van der Waals surface area contributed by atoms with Crippen LogP contribution >= 0.6 is 0 Å². The van der Waals surface area contributed by atoms with Gasteiger partial charge in [0.1, 0.15) is 0 Å². The summed E-state index contributed by atoms with van der Waals surface area (Å²) in [6.07, 6.45) is 14.3. The molecule has 0 aromatic rings. The molecule has 20 heavy (non-hydrogen) atoms. The van der Waals surface area contributed by atoms with E-state index >= 15 is 0 Å². The molecule has 4 rings (SSSR count). The zero-order valence-electron chi connectivity index (χ0n) is 12.9. The van der Waals surface area contributed by atoms with Crippen molar-refractivity contribution in [3.05, 3.63) is 23.3 Å². The topological polar surface area (TPSA) is 17.1 Å². The van der Waals surface area contributed by atoms with Crippen molar-refractivity contribution >= 4 is 5.78 Å². The smallest absolute Gasteiger partial charge is 0.155 e. The fourth-order valence-corrected chi connectivity index (χ4v) is 5.88. The van der Waals surface area contributed by atoms with Gasteiger partial charge in [-0.1, -0.05) is 31.1 Å². The molecule has 0 aliphatic heterocycles. The average Bonchev–Trinajstić information content (AvgIpc) is 2.81. The Bertz CT molecular complexity index is 526. The van der Waals surface area contributed by atoms with Crippen LogP contribution in [0.25, 0.3) is 0 Å². The minimum atomic E-state index is 0.321. The van der Waals surface area contributed by atoms with Crippen molar-refractivity contribution in [2.24, 2.45) is 22.7 Å². The van der Waals surface area contributed by atoms with E-state index in [-0.39, 0.29) is 0 Å². The summed E-state index contributed by atoms with van der Waals surface area (Å²) in [5.74, 6) is 1.98. The van der Waals surface area contributed by atoms with Gasteiger partial charge in [0, 0.05) is 6.42 Å². The first kappa shape index (κ1) is 12.9. The predicted octanol–water partition coefficient (Wildman–Crippen LogP) is 4.83. The molecule has 2 fully saturated rings. The van der Waals surface area contributed by atoms with Crippen LogP contribution in [0.5, 0.6) is 0 Å². The van der Waals surface area contributed by atoms with Crippen LogP contribution in [0, 0.1) is 22.7 Å². The molecule has 4 atom stereocenters. The van der Waals surface area contributed by atoms with Crippen molar-refractivity contribution in [1.82, 2.24) is 0 Å². The maximum atomic E-state index is 11.8. The Kier molecular flexibility index (Phi) is 2.63. The van der Waals surface area contributed by atoms with Gasteiger partial charge in [0.25, 0.3) is 0 Å². The first-order chi connectivity index (χ1) is 9.53. The summed E-state index contributed by atoms with van der Waals surface area (Å²) >= 11 is 0. The van der Waals surface area contributed by atoms with Gasteiger partial charge in [0.05, 0.1) is 0 Å². The number of hydrogen-bond donors (Lipinski definition) is 0. The number of carbonyl (C=O) groups excluding carboxylic acids is 1. The molecule has 1 nitrogen and oxygen atoms in total. The summed E-state index contributed by atoms with van der Waals surface area (Å²) in [6, 6.07) is 0. The third-order valence-corrected chi connectivity index (χ3v) is 7.15. The lowest BCUT2D eigenvalue weighted by Gasteiger charge is -2.55. The number of fused-ring (bicyclic) bond motifs is 5. The fourth-order valence-electron chi connectivity index (χ4n) is 5.88. The molecule has 4 aliphatic carbocycles. The zero-order valence-corrected chi connectivity index (χ0v) is 12.9. The van der Waals surface area contributed by atoms with Crippen LogP contribution in [0.3, 0.4) is 0 Å². The van der Waals surface area contributed by atoms with Gasteiger partial charge in [0.15, 0.2) is 5.78 Å². The molecule has 4 aliphatic rings. The Morgan fingerprint density at radius 2 is 1.95 bits per heavy atom. The van der Waals surface area contributed by atoms with E-state index in [1.54, 1.807) is 5.57 Å². The largest absolute Gasteiger partial charge is 0.295 e. The standard InChI is InChI=1S/C19H26O/c1-18-9-3-4-16(18)15-6-5-13-12-14(20)7-11-19(13,2)17(15)8-10-18/h4,12,15,17H,3,5-11H2,1-2H3/t15-,17-,18-,19+/m1/s1. The second-order valence-electron chi connectivity index (χ2n) is 8.10. The molecule has 0 saturated heterocycles. The maximum Gasteiger partial charge on any atom is 0.155 e. The molecule has 0 aromatic carbocycles. The van der Waals surface area contributed by atoms with E-state index < -0.39 is 0 Å². The lowest BCUT2D eigenvalue weighted by atomic mass is 9.49. The van der Waals surface area contributed by atoms with Crippen molar-refractivity contribution in [3.8, 4) is 0 Å². The van der Waals surface area contributed by atoms with Gasteiger partial charge in [-0.25, -0.2) is 0 Å². The number of allylic oxidation sites excluding steroid dienone is 4. The summed E-state index contributed by atoms with van der Waals surface area (Å²) < 4.78 is 0. The fraction of sp³-hybridized carbons (Fsp3) is 0.737. The van der Waals surface area contributed by atoms with Gasteiger partial charge >= 0.3 is 0 Å². The van der Waals surface area contributed by atoms with Crippen molar-refractivity contribution in [1.29, 1.82) is 0 Å². The quantitative estimate of drug-likeness (QED) is 0.576. The Morgan fingerprint density at radius 1 is 1.10 bits per heavy atom. The Morgan fingerprint density at radius 3 is 2.80 bits per heavy atom. The molecule has 2 saturated carbocycles. The van der Waals surface area contributed by atoms with Crippen LogP contribution in [-0.4, -0.2) is 5.78 Å². The van der Waals surface area contributed by atoms with Gasteiger partial charge in [-0.2, -0.15) is 0 Å². The highest BCUT2D eigenvalue weighted by Crippen LogP contribution is 2.63. The maximum absolute atomic E-state index is 11.8. The average molecular weight is 270 g/mol. The van der Waals surface area contributed by atoms with Crippen LogP contribution < -0.4 is 0 Å². The first-order valence-electron chi connectivity index (χ1n) is 8.47. The highest BCUT2D eigenvalue weighted by atomic mass is 16.1. The van der Waals surface area contributed by atoms with Gasteiger partial charge in [-0.05, 0) is 73.7 Å². The number of hydrogen-bond acceptors (Lipinski definition) is 1. The third-order valence-electron chi connectivity index (χ3n) is 7.15. The molecule has 108 valence electrons. The molecule has 0 spiro atoms. The highest BCUT2D eigenvalue weighted by Gasteiger charge is 2.53. The van der Waals surface area contributed by atoms with Crippen LogP contribution in [0.15, 0.2) is 23.3 Å². The van der Waals surface area contributed by atoms with Crippen LogP contribution in [0.1, 0.15) is 65.2 Å². The number of carbonyl (C=O) groups is 1. The van der Waals surface area contributed by atoms with E-state index in [1.807, 2.05) is 6.08 Å². The monoisotopic (exact) mass is 270 g/mol. The highest BCUT2D eigenvalue weighted by molar-refractivity contribution is 5.91. The Balaban J connectivity index is 1.73. The summed E-state index contributed by atoms with van der Waals surface area (Å²) in [4.78, 5) is 11.8. The van der Waals surface area contributed by atoms with Gasteiger partial charge in [-0.3, -0.25) is 4.79 Å². The second-order valence-corrected chi connectivity index (χ2v) is 8.10. The van der Waals surface area contributed by atoms with Crippen LogP contribution in [0.2, 0.25) is 0 Å². The summed E-state index contributed by atoms with van der Waals surface area (Å²) in [7, 11) is 0. The van der Waals surface area contributed by atoms with Gasteiger partial charge < -0.3 is 0 Å². The molecule has 0 amide bonds. The summed E-state index contributed by atoms with van der Waals surface area (Å²) in [6.45, 7) is 4.96. The van der Waals surface area contributed by atoms with Gasteiger partial charge in [-0.15, -0.1) is 0 Å². The lowest BCUT2D eigenvalue weighted by molar-refractivity contribution is -0.116. The predicted molar refractivity (Wildman–Crippen MR) is 81.3 cm³/mol. The van der Waals surface area contributed by atoms with Crippen molar-refractivity contribution in [3.63, 3.8) is 0 Å². The summed E-state index contributed by atoms with van der Waals surface area (Å²) in [5.41, 5.74) is 4.12. The molecule has 0 radical (unpaired) electrons. The molecule has 0 heterocycles. The van der Waals surface area contributed by atoms with E-state index in [9.17, 15) is 4.79 Å². The minimum absolute atomic E-state index is 0.321. The van der Waals surface area contributed by atoms with Crippen molar-refractivity contribution in [2.45, 2.75) is 65.2 Å². The Hall–Kier alpha value is -0.850. The first-order valence-corrected chi connectivity index (χ1v) is 8.47. The molecule has 0 unspecified atom stereocenters. The van der Waals surface area contributed by atoms with E-state index in [0.717, 1.165) is 31.1 Å². The van der Waals surface area contributed by atoms with Crippen LogP contribution in [-0.2, 0) is 4.79 Å². The van der Waals surface area contributed by atoms with Gasteiger partial charge in [0.2, 0.25) is 0 Å². The summed E-state index contributed by atoms with van der Waals surface area (Å²) in [5, 5.41) is 0. The second kappa shape index (κ2) is 4.08. The molecular weight excluding hydrogens is 244 g/mol. The Labute approximate surface area is 122 Å². The SMILES string of the molecule is C[C@]12CCC=C1[C@H]1CCC3=CC(=O)CC[C@]3(C)[C@@H]1CC2.